The van der Waals surface area contributed by atoms with Gasteiger partial charge in [-0.25, -0.2) is 0 Å². The molecular formula is C12H24N2O2. The number of nitrogens with zero attached hydrogens (tertiary/aromatic N) is 1. The van der Waals surface area contributed by atoms with Gasteiger partial charge in [-0.05, 0) is 39.7 Å². The average molecular weight is 228 g/mol. The Bertz CT molecular complexity index is 229. The van der Waals surface area contributed by atoms with Gasteiger partial charge in [0.05, 0.1) is 5.54 Å². The summed E-state index contributed by atoms with van der Waals surface area (Å²) in [6.45, 7) is 7.27. The molecule has 0 radical (unpaired) electrons. The Balaban J connectivity index is 2.53. The molecular weight excluding hydrogens is 204 g/mol. The largest absolute Gasteiger partial charge is 0.385 e. The number of amides is 1. The second-order valence-electron chi connectivity index (χ2n) is 4.90. The number of rotatable bonds is 4. The van der Waals surface area contributed by atoms with Crippen molar-refractivity contribution in [3.05, 3.63) is 0 Å². The SMILES string of the molecule is COCCCN1CCCCNC(C)(C)C1=O. The van der Waals surface area contributed by atoms with Gasteiger partial charge in [0.25, 0.3) is 0 Å². The first kappa shape index (κ1) is 13.5. The zero-order valence-electron chi connectivity index (χ0n) is 10.7. The second-order valence-corrected chi connectivity index (χ2v) is 4.90. The van der Waals surface area contributed by atoms with Crippen LogP contribution in [0.15, 0.2) is 0 Å². The lowest BCUT2D eigenvalue weighted by molar-refractivity contribution is -0.138. The molecule has 94 valence electrons. The topological polar surface area (TPSA) is 41.6 Å². The van der Waals surface area contributed by atoms with E-state index >= 15 is 0 Å². The highest BCUT2D eigenvalue weighted by molar-refractivity contribution is 5.85. The highest BCUT2D eigenvalue weighted by atomic mass is 16.5. The molecule has 16 heavy (non-hydrogen) atoms. The van der Waals surface area contributed by atoms with Crippen LogP contribution in [0.25, 0.3) is 0 Å². The average Bonchev–Trinajstić information content (AvgIpc) is 2.24. The molecule has 1 rings (SSSR count). The Hall–Kier alpha value is -0.610. The molecule has 4 heteroatoms. The highest BCUT2D eigenvalue weighted by Crippen LogP contribution is 2.12. The number of ether oxygens (including phenoxy) is 1. The number of hydrogen-bond acceptors (Lipinski definition) is 3. The standard InChI is InChI=1S/C12H24N2O2/c1-12(2)11(15)14(9-6-10-16-3)8-5-4-7-13-12/h13H,4-10H2,1-3H3. The summed E-state index contributed by atoms with van der Waals surface area (Å²) in [4.78, 5) is 14.2. The summed E-state index contributed by atoms with van der Waals surface area (Å²) >= 11 is 0. The van der Waals surface area contributed by atoms with E-state index in [1.807, 2.05) is 18.7 Å². The Morgan fingerprint density at radius 1 is 1.44 bits per heavy atom. The second kappa shape index (κ2) is 6.21. The quantitative estimate of drug-likeness (QED) is 0.730. The van der Waals surface area contributed by atoms with Crippen molar-refractivity contribution in [2.24, 2.45) is 0 Å². The number of carbonyl (C=O) groups excluding carboxylic acids is 1. The number of methoxy groups -OCH3 is 1. The molecule has 0 aromatic heterocycles. The molecule has 0 aromatic rings. The summed E-state index contributed by atoms with van der Waals surface area (Å²) in [5.41, 5.74) is -0.423. The van der Waals surface area contributed by atoms with Gasteiger partial charge in [-0.2, -0.15) is 0 Å². The third-order valence-electron chi connectivity index (χ3n) is 3.02. The Labute approximate surface area is 98.3 Å². The summed E-state index contributed by atoms with van der Waals surface area (Å²) in [6.07, 6.45) is 3.14. The van der Waals surface area contributed by atoms with Gasteiger partial charge in [-0.15, -0.1) is 0 Å². The molecule has 0 atom stereocenters. The van der Waals surface area contributed by atoms with E-state index in [4.69, 9.17) is 4.74 Å². The molecule has 1 heterocycles. The van der Waals surface area contributed by atoms with Crippen LogP contribution in [0.3, 0.4) is 0 Å². The molecule has 0 bridgehead atoms. The van der Waals surface area contributed by atoms with E-state index in [1.165, 1.54) is 0 Å². The predicted octanol–water partition coefficient (Wildman–Crippen LogP) is 1.01. The monoisotopic (exact) mass is 228 g/mol. The van der Waals surface area contributed by atoms with Crippen molar-refractivity contribution in [3.8, 4) is 0 Å². The minimum Gasteiger partial charge on any atom is -0.385 e. The van der Waals surface area contributed by atoms with Crippen molar-refractivity contribution in [1.29, 1.82) is 0 Å². The van der Waals surface area contributed by atoms with Crippen LogP contribution in [0.5, 0.6) is 0 Å². The normalized spacial score (nSPS) is 21.7. The Morgan fingerprint density at radius 3 is 2.88 bits per heavy atom. The molecule has 4 nitrogen and oxygen atoms in total. The zero-order chi connectivity index (χ0) is 12.0. The van der Waals surface area contributed by atoms with Crippen LogP contribution in [0, 0.1) is 0 Å². The van der Waals surface area contributed by atoms with Gasteiger partial charge in [-0.3, -0.25) is 4.79 Å². The summed E-state index contributed by atoms with van der Waals surface area (Å²) in [5.74, 6) is 0.211. The molecule has 1 amide bonds. The van der Waals surface area contributed by atoms with Gasteiger partial charge >= 0.3 is 0 Å². The van der Waals surface area contributed by atoms with Crippen LogP contribution >= 0.6 is 0 Å². The maximum atomic E-state index is 12.2. The van der Waals surface area contributed by atoms with Crippen LogP contribution in [-0.2, 0) is 9.53 Å². The van der Waals surface area contributed by atoms with Crippen molar-refractivity contribution < 1.29 is 9.53 Å². The fourth-order valence-corrected chi connectivity index (χ4v) is 2.01. The summed E-state index contributed by atoms with van der Waals surface area (Å²) in [7, 11) is 1.70. The smallest absolute Gasteiger partial charge is 0.242 e. The van der Waals surface area contributed by atoms with Gasteiger partial charge in [0.15, 0.2) is 0 Å². The first-order valence-corrected chi connectivity index (χ1v) is 6.11. The van der Waals surface area contributed by atoms with Gasteiger partial charge < -0.3 is 15.0 Å². The third-order valence-corrected chi connectivity index (χ3v) is 3.02. The van der Waals surface area contributed by atoms with Crippen LogP contribution in [0.4, 0.5) is 0 Å². The van der Waals surface area contributed by atoms with Gasteiger partial charge in [0.1, 0.15) is 0 Å². The minimum absolute atomic E-state index is 0.211. The van der Waals surface area contributed by atoms with Crippen molar-refractivity contribution in [3.63, 3.8) is 0 Å². The van der Waals surface area contributed by atoms with Crippen molar-refractivity contribution in [1.82, 2.24) is 10.2 Å². The minimum atomic E-state index is -0.423. The zero-order valence-corrected chi connectivity index (χ0v) is 10.7. The fraction of sp³-hybridized carbons (Fsp3) is 0.917. The molecule has 0 aliphatic carbocycles. The molecule has 1 aliphatic heterocycles. The van der Waals surface area contributed by atoms with Crippen LogP contribution in [0.2, 0.25) is 0 Å². The summed E-state index contributed by atoms with van der Waals surface area (Å²) in [6, 6.07) is 0. The third kappa shape index (κ3) is 3.76. The molecule has 0 spiro atoms. The maximum absolute atomic E-state index is 12.2. The van der Waals surface area contributed by atoms with Crippen molar-refractivity contribution in [2.75, 3.05) is 33.4 Å². The molecule has 0 aromatic carbocycles. The van der Waals surface area contributed by atoms with Gasteiger partial charge in [0, 0.05) is 26.8 Å². The molecule has 1 fully saturated rings. The van der Waals surface area contributed by atoms with Crippen LogP contribution < -0.4 is 5.32 Å². The summed E-state index contributed by atoms with van der Waals surface area (Å²) < 4.78 is 5.02. The lowest BCUT2D eigenvalue weighted by Gasteiger charge is -2.35. The Kier molecular flexibility index (Phi) is 5.22. The number of nitrogens with one attached hydrogen (secondary N) is 1. The van der Waals surface area contributed by atoms with E-state index in [9.17, 15) is 4.79 Å². The first-order chi connectivity index (χ1) is 7.58. The van der Waals surface area contributed by atoms with E-state index in [0.717, 1.165) is 45.5 Å². The lowest BCUT2D eigenvalue weighted by Crippen LogP contribution is -2.56. The van der Waals surface area contributed by atoms with Crippen molar-refractivity contribution in [2.45, 2.75) is 38.6 Å². The molecule has 0 saturated carbocycles. The predicted molar refractivity (Wildman–Crippen MR) is 64.4 cm³/mol. The van der Waals surface area contributed by atoms with E-state index < -0.39 is 5.54 Å². The van der Waals surface area contributed by atoms with Gasteiger partial charge in [-0.1, -0.05) is 0 Å². The van der Waals surface area contributed by atoms with E-state index in [-0.39, 0.29) is 5.91 Å². The highest BCUT2D eigenvalue weighted by Gasteiger charge is 2.32. The number of hydrogen-bond donors (Lipinski definition) is 1. The van der Waals surface area contributed by atoms with E-state index in [0.29, 0.717) is 0 Å². The molecule has 1 N–H and O–H groups in total. The van der Waals surface area contributed by atoms with Crippen molar-refractivity contribution >= 4 is 5.91 Å². The molecule has 0 unspecified atom stereocenters. The Morgan fingerprint density at radius 2 is 2.19 bits per heavy atom. The number of carbonyl (C=O) groups is 1. The maximum Gasteiger partial charge on any atom is 0.242 e. The lowest BCUT2D eigenvalue weighted by atomic mass is 10.0. The molecule has 1 aliphatic rings. The van der Waals surface area contributed by atoms with Crippen LogP contribution in [-0.4, -0.2) is 49.7 Å². The summed E-state index contributed by atoms with van der Waals surface area (Å²) in [5, 5.41) is 3.31. The fourth-order valence-electron chi connectivity index (χ4n) is 2.01. The van der Waals surface area contributed by atoms with E-state index in [2.05, 4.69) is 5.32 Å². The van der Waals surface area contributed by atoms with Crippen LogP contribution in [0.1, 0.15) is 33.1 Å². The van der Waals surface area contributed by atoms with Gasteiger partial charge in [0.2, 0.25) is 5.91 Å². The first-order valence-electron chi connectivity index (χ1n) is 6.11. The molecule has 1 saturated heterocycles. The van der Waals surface area contributed by atoms with E-state index in [1.54, 1.807) is 7.11 Å².